The summed E-state index contributed by atoms with van der Waals surface area (Å²) in [5, 5.41) is 2.42. The predicted molar refractivity (Wildman–Crippen MR) is 135 cm³/mol. The molecule has 0 aliphatic carbocycles. The zero-order valence-corrected chi connectivity index (χ0v) is 18.5. The van der Waals surface area contributed by atoms with Crippen molar-refractivity contribution in [2.45, 2.75) is 12.6 Å². The lowest BCUT2D eigenvalue weighted by Gasteiger charge is -2.33. The fraction of sp³-hybridized carbons (Fsp3) is 0.0968. The van der Waals surface area contributed by atoms with Crippen molar-refractivity contribution in [2.24, 2.45) is 0 Å². The van der Waals surface area contributed by atoms with Crippen LogP contribution in [0.15, 0.2) is 114 Å². The van der Waals surface area contributed by atoms with Crippen LogP contribution in [-0.2, 0) is 6.54 Å². The third kappa shape index (κ3) is 2.71. The van der Waals surface area contributed by atoms with Crippen molar-refractivity contribution in [3.05, 3.63) is 126 Å². The van der Waals surface area contributed by atoms with Crippen molar-refractivity contribution in [1.82, 2.24) is 0 Å². The molecule has 2 unspecified atom stereocenters. The summed E-state index contributed by atoms with van der Waals surface area (Å²) in [6.07, 6.45) is 7.09. The first-order valence-electron chi connectivity index (χ1n) is 11.6. The van der Waals surface area contributed by atoms with E-state index in [2.05, 4.69) is 116 Å². The summed E-state index contributed by atoms with van der Waals surface area (Å²) in [5.74, 6) is 0. The normalized spacial score (nSPS) is 21.2. The van der Waals surface area contributed by atoms with Gasteiger partial charge in [-0.3, -0.25) is 4.48 Å². The molecule has 2 atom stereocenters. The van der Waals surface area contributed by atoms with Crippen LogP contribution >= 0.6 is 0 Å². The van der Waals surface area contributed by atoms with E-state index >= 15 is 0 Å². The molecule has 2 nitrogen and oxygen atoms in total. The zero-order chi connectivity index (χ0) is 22.0. The molecule has 4 aromatic carbocycles. The van der Waals surface area contributed by atoms with Gasteiger partial charge in [0, 0.05) is 16.3 Å². The van der Waals surface area contributed by atoms with E-state index in [4.69, 9.17) is 4.42 Å². The van der Waals surface area contributed by atoms with E-state index in [1.54, 1.807) is 0 Å². The Labute approximate surface area is 193 Å². The minimum Gasteiger partial charge on any atom is -0.455 e. The van der Waals surface area contributed by atoms with Gasteiger partial charge in [0.1, 0.15) is 23.8 Å². The van der Waals surface area contributed by atoms with Gasteiger partial charge < -0.3 is 4.42 Å². The van der Waals surface area contributed by atoms with Crippen molar-refractivity contribution >= 4 is 27.5 Å². The van der Waals surface area contributed by atoms with Gasteiger partial charge in [-0.2, -0.15) is 0 Å². The smallest absolute Gasteiger partial charge is 0.146 e. The molecule has 7 rings (SSSR count). The van der Waals surface area contributed by atoms with Crippen LogP contribution in [0.25, 0.3) is 38.6 Å². The molecule has 3 heterocycles. The lowest BCUT2D eigenvalue weighted by molar-refractivity contribution is -0.890. The van der Waals surface area contributed by atoms with Crippen LogP contribution in [0.2, 0.25) is 0 Å². The number of furan rings is 1. The molecule has 2 aliphatic heterocycles. The number of hydrogen-bond acceptors (Lipinski definition) is 1. The molecule has 0 N–H and O–H groups in total. The average molecular weight is 427 g/mol. The molecule has 2 aliphatic rings. The summed E-state index contributed by atoms with van der Waals surface area (Å²) in [5.41, 5.74) is 9.74. The van der Waals surface area contributed by atoms with Crippen molar-refractivity contribution in [2.75, 3.05) is 7.05 Å². The van der Waals surface area contributed by atoms with Crippen molar-refractivity contribution < 1.29 is 8.90 Å². The molecule has 2 heteroatoms. The number of allylic oxidation sites excluding steroid dienone is 2. The highest BCUT2D eigenvalue weighted by Gasteiger charge is 2.44. The molecule has 0 radical (unpaired) electrons. The number of nitrogens with zero attached hydrogens (tertiary/aromatic N) is 1. The van der Waals surface area contributed by atoms with Gasteiger partial charge in [-0.05, 0) is 46.5 Å². The molecule has 0 spiro atoms. The molecule has 0 saturated heterocycles. The number of quaternary nitrogens is 1. The molecule has 0 amide bonds. The zero-order valence-electron chi connectivity index (χ0n) is 18.5. The minimum absolute atomic E-state index is 0.230. The van der Waals surface area contributed by atoms with E-state index in [9.17, 15) is 0 Å². The van der Waals surface area contributed by atoms with E-state index in [0.717, 1.165) is 22.2 Å². The maximum absolute atomic E-state index is 6.63. The SMILES string of the molecule is C[N+]12C=CC(c3ccccc3)=CC1c1c(cc(-c3ccccc3)c3c1oc1ccccc13)C2. The highest BCUT2D eigenvalue weighted by atomic mass is 16.3. The highest BCUT2D eigenvalue weighted by Crippen LogP contribution is 2.51. The van der Waals surface area contributed by atoms with Gasteiger partial charge in [-0.15, -0.1) is 0 Å². The number of para-hydroxylation sites is 1. The molecule has 5 aromatic rings. The topological polar surface area (TPSA) is 13.1 Å². The van der Waals surface area contributed by atoms with E-state index in [0.29, 0.717) is 0 Å². The van der Waals surface area contributed by atoms with Crippen LogP contribution < -0.4 is 0 Å². The van der Waals surface area contributed by atoms with Crippen LogP contribution in [0, 0.1) is 0 Å². The number of hydrogen-bond donors (Lipinski definition) is 0. The van der Waals surface area contributed by atoms with E-state index in [1.807, 2.05) is 0 Å². The fourth-order valence-corrected chi connectivity index (χ4v) is 5.73. The second kappa shape index (κ2) is 6.81. The highest BCUT2D eigenvalue weighted by molar-refractivity contribution is 6.14. The third-order valence-corrected chi connectivity index (χ3v) is 7.34. The monoisotopic (exact) mass is 426 g/mol. The Morgan fingerprint density at radius 3 is 2.30 bits per heavy atom. The molecule has 33 heavy (non-hydrogen) atoms. The van der Waals surface area contributed by atoms with Crippen LogP contribution in [0.3, 0.4) is 0 Å². The van der Waals surface area contributed by atoms with Crippen LogP contribution in [0.1, 0.15) is 22.7 Å². The Kier molecular flexibility index (Phi) is 3.85. The van der Waals surface area contributed by atoms with Gasteiger partial charge in [0.2, 0.25) is 0 Å². The quantitative estimate of drug-likeness (QED) is 0.262. The summed E-state index contributed by atoms with van der Waals surface area (Å²) in [6.45, 7) is 0.960. The van der Waals surface area contributed by atoms with Crippen molar-refractivity contribution in [1.29, 1.82) is 0 Å². The average Bonchev–Trinajstić information content (AvgIpc) is 3.39. The Balaban J connectivity index is 1.53. The van der Waals surface area contributed by atoms with E-state index in [-0.39, 0.29) is 6.04 Å². The molecule has 0 bridgehead atoms. The number of benzene rings is 4. The van der Waals surface area contributed by atoms with E-state index in [1.165, 1.54) is 44.2 Å². The maximum Gasteiger partial charge on any atom is 0.146 e. The summed E-state index contributed by atoms with van der Waals surface area (Å²) < 4.78 is 7.47. The summed E-state index contributed by atoms with van der Waals surface area (Å²) in [7, 11) is 2.33. The van der Waals surface area contributed by atoms with Gasteiger partial charge in [0.25, 0.3) is 0 Å². The Hall–Kier alpha value is -3.88. The Morgan fingerprint density at radius 1 is 0.818 bits per heavy atom. The van der Waals surface area contributed by atoms with Gasteiger partial charge in [0.15, 0.2) is 0 Å². The molecule has 158 valence electrons. The summed E-state index contributed by atoms with van der Waals surface area (Å²) >= 11 is 0. The molecular formula is C31H24NO+. The van der Waals surface area contributed by atoms with Crippen molar-refractivity contribution in [3.8, 4) is 11.1 Å². The largest absolute Gasteiger partial charge is 0.455 e. The summed E-state index contributed by atoms with van der Waals surface area (Å²) in [4.78, 5) is 0. The maximum atomic E-state index is 6.63. The van der Waals surface area contributed by atoms with Gasteiger partial charge in [-0.25, -0.2) is 0 Å². The first-order valence-corrected chi connectivity index (χ1v) is 11.6. The second-order valence-electron chi connectivity index (χ2n) is 9.42. The number of rotatable bonds is 2. The molecule has 0 fully saturated rings. The predicted octanol–water partition coefficient (Wildman–Crippen LogP) is 7.87. The fourth-order valence-electron chi connectivity index (χ4n) is 5.73. The van der Waals surface area contributed by atoms with E-state index < -0.39 is 0 Å². The number of likely N-dealkylation sites (N-methyl/N-ethyl adjacent to an activating group) is 1. The lowest BCUT2D eigenvalue weighted by atomic mass is 9.91. The van der Waals surface area contributed by atoms with Crippen LogP contribution in [0.4, 0.5) is 0 Å². The lowest BCUT2D eigenvalue weighted by Crippen LogP contribution is -2.36. The molecular weight excluding hydrogens is 402 g/mol. The first kappa shape index (κ1) is 18.7. The van der Waals surface area contributed by atoms with Gasteiger partial charge >= 0.3 is 0 Å². The van der Waals surface area contributed by atoms with Crippen LogP contribution in [0.5, 0.6) is 0 Å². The Morgan fingerprint density at radius 2 is 1.52 bits per heavy atom. The second-order valence-corrected chi connectivity index (χ2v) is 9.42. The minimum atomic E-state index is 0.230. The number of fused-ring (bicyclic) bond motifs is 7. The first-order chi connectivity index (χ1) is 16.2. The Bertz CT molecular complexity index is 1590. The van der Waals surface area contributed by atoms with Gasteiger partial charge in [-0.1, -0.05) is 78.9 Å². The molecule has 0 saturated carbocycles. The molecule has 1 aromatic heterocycles. The summed E-state index contributed by atoms with van der Waals surface area (Å²) in [6, 6.07) is 32.5. The van der Waals surface area contributed by atoms with Gasteiger partial charge in [0.05, 0.1) is 18.8 Å². The van der Waals surface area contributed by atoms with Crippen molar-refractivity contribution in [3.63, 3.8) is 0 Å². The van der Waals surface area contributed by atoms with Crippen LogP contribution in [-0.4, -0.2) is 11.5 Å². The third-order valence-electron chi connectivity index (χ3n) is 7.34. The standard InChI is InChI=1S/C31H24NO/c1-32-17-16-23(21-10-4-2-5-11-21)19-27(32)29-24(20-32)18-26(22-12-6-3-7-13-22)30-25-14-8-9-15-28(25)33-31(29)30/h2-19,27H,20H2,1H3/q+1.